The Kier molecular flexibility index (Phi) is 4.10. The first-order chi connectivity index (χ1) is 9.05. The number of nitrogens with one attached hydrogen (secondary N) is 1. The van der Waals surface area contributed by atoms with Gasteiger partial charge in [-0.05, 0) is 31.0 Å². The fourth-order valence-corrected chi connectivity index (χ4v) is 2.61. The molecule has 0 spiro atoms. The molecule has 104 valence electrons. The number of carbonyl (C=O) groups excluding carboxylic acids is 1. The van der Waals surface area contributed by atoms with Crippen LogP contribution in [0.15, 0.2) is 24.3 Å². The maximum absolute atomic E-state index is 11.9. The van der Waals surface area contributed by atoms with Crippen LogP contribution in [0, 0.1) is 6.92 Å². The largest absolute Gasteiger partial charge is 0.378 e. The van der Waals surface area contributed by atoms with E-state index in [-0.39, 0.29) is 12.0 Å². The van der Waals surface area contributed by atoms with Crippen molar-refractivity contribution in [2.45, 2.75) is 44.8 Å². The lowest BCUT2D eigenvalue weighted by molar-refractivity contribution is -0.127. The minimum atomic E-state index is -0.688. The standard InChI is InChI=1S/C15H22N2O2/c1-3-13-10-15(14(16)18,7-8-19-13)17-12-6-4-5-11(2)9-12/h4-6,9,13,17H,3,7-8,10H2,1-2H3,(H2,16,18). The monoisotopic (exact) mass is 262 g/mol. The Hall–Kier alpha value is -1.55. The molecule has 1 amide bonds. The molecule has 2 unspecified atom stereocenters. The Morgan fingerprint density at radius 3 is 3.00 bits per heavy atom. The van der Waals surface area contributed by atoms with Gasteiger partial charge in [-0.2, -0.15) is 0 Å². The predicted molar refractivity (Wildman–Crippen MR) is 76.0 cm³/mol. The molecule has 3 N–H and O–H groups in total. The summed E-state index contributed by atoms with van der Waals surface area (Å²) < 4.78 is 5.65. The number of primary amides is 1. The normalized spacial score (nSPS) is 26.9. The van der Waals surface area contributed by atoms with Gasteiger partial charge in [0.2, 0.25) is 5.91 Å². The molecule has 1 aromatic rings. The second-order valence-electron chi connectivity index (χ2n) is 5.30. The van der Waals surface area contributed by atoms with E-state index < -0.39 is 5.54 Å². The third-order valence-corrected chi connectivity index (χ3v) is 3.79. The molecular formula is C15H22N2O2. The van der Waals surface area contributed by atoms with E-state index in [4.69, 9.17) is 10.5 Å². The third-order valence-electron chi connectivity index (χ3n) is 3.79. The smallest absolute Gasteiger partial charge is 0.243 e. The second-order valence-corrected chi connectivity index (χ2v) is 5.30. The lowest BCUT2D eigenvalue weighted by atomic mass is 9.84. The zero-order valence-electron chi connectivity index (χ0n) is 11.6. The number of hydrogen-bond donors (Lipinski definition) is 2. The summed E-state index contributed by atoms with van der Waals surface area (Å²) in [6.07, 6.45) is 2.24. The fourth-order valence-electron chi connectivity index (χ4n) is 2.61. The van der Waals surface area contributed by atoms with Crippen LogP contribution in [-0.4, -0.2) is 24.2 Å². The predicted octanol–water partition coefficient (Wildman–Crippen LogP) is 2.22. The minimum Gasteiger partial charge on any atom is -0.378 e. The zero-order valence-corrected chi connectivity index (χ0v) is 11.6. The van der Waals surface area contributed by atoms with E-state index in [1.165, 1.54) is 0 Å². The highest BCUT2D eigenvalue weighted by Crippen LogP contribution is 2.30. The van der Waals surface area contributed by atoms with Crippen molar-refractivity contribution in [1.29, 1.82) is 0 Å². The van der Waals surface area contributed by atoms with E-state index in [2.05, 4.69) is 12.2 Å². The van der Waals surface area contributed by atoms with Crippen molar-refractivity contribution in [3.63, 3.8) is 0 Å². The Balaban J connectivity index is 2.22. The summed E-state index contributed by atoms with van der Waals surface area (Å²) in [5.41, 5.74) is 7.06. The van der Waals surface area contributed by atoms with Gasteiger partial charge in [-0.15, -0.1) is 0 Å². The molecule has 4 nitrogen and oxygen atoms in total. The molecule has 2 rings (SSSR count). The van der Waals surface area contributed by atoms with Gasteiger partial charge in [0, 0.05) is 25.1 Å². The van der Waals surface area contributed by atoms with E-state index in [1.54, 1.807) is 0 Å². The minimum absolute atomic E-state index is 0.0959. The van der Waals surface area contributed by atoms with Gasteiger partial charge in [0.1, 0.15) is 5.54 Å². The number of ether oxygens (including phenoxy) is 1. The summed E-state index contributed by atoms with van der Waals surface area (Å²) in [7, 11) is 0. The van der Waals surface area contributed by atoms with Crippen LogP contribution < -0.4 is 11.1 Å². The number of carbonyl (C=O) groups is 1. The van der Waals surface area contributed by atoms with Crippen LogP contribution in [0.4, 0.5) is 5.69 Å². The van der Waals surface area contributed by atoms with Gasteiger partial charge in [0.05, 0.1) is 6.10 Å². The molecule has 1 heterocycles. The molecule has 0 radical (unpaired) electrons. The van der Waals surface area contributed by atoms with Gasteiger partial charge in [0.25, 0.3) is 0 Å². The second kappa shape index (κ2) is 5.61. The first-order valence-corrected chi connectivity index (χ1v) is 6.82. The van der Waals surface area contributed by atoms with Crippen molar-refractivity contribution in [3.05, 3.63) is 29.8 Å². The van der Waals surface area contributed by atoms with Gasteiger partial charge in [0.15, 0.2) is 0 Å². The average Bonchev–Trinajstić information content (AvgIpc) is 2.38. The molecular weight excluding hydrogens is 240 g/mol. The number of amides is 1. The molecule has 0 saturated carbocycles. The van der Waals surface area contributed by atoms with Crippen LogP contribution in [-0.2, 0) is 9.53 Å². The van der Waals surface area contributed by atoms with Crippen molar-refractivity contribution in [2.24, 2.45) is 5.73 Å². The van der Waals surface area contributed by atoms with Crippen molar-refractivity contribution >= 4 is 11.6 Å². The summed E-state index contributed by atoms with van der Waals surface area (Å²) in [6, 6.07) is 8.00. The number of nitrogens with two attached hydrogens (primary N) is 1. The van der Waals surface area contributed by atoms with Gasteiger partial charge < -0.3 is 15.8 Å². The van der Waals surface area contributed by atoms with Gasteiger partial charge >= 0.3 is 0 Å². The van der Waals surface area contributed by atoms with Crippen LogP contribution in [0.3, 0.4) is 0 Å². The maximum Gasteiger partial charge on any atom is 0.243 e. The molecule has 2 atom stereocenters. The van der Waals surface area contributed by atoms with E-state index in [9.17, 15) is 4.79 Å². The first-order valence-electron chi connectivity index (χ1n) is 6.82. The fraction of sp³-hybridized carbons (Fsp3) is 0.533. The van der Waals surface area contributed by atoms with E-state index in [1.807, 2.05) is 31.2 Å². The highest BCUT2D eigenvalue weighted by Gasteiger charge is 2.41. The van der Waals surface area contributed by atoms with E-state index >= 15 is 0 Å². The van der Waals surface area contributed by atoms with Crippen molar-refractivity contribution in [2.75, 3.05) is 11.9 Å². The molecule has 0 bridgehead atoms. The molecule has 1 fully saturated rings. The van der Waals surface area contributed by atoms with Gasteiger partial charge in [-0.25, -0.2) is 0 Å². The van der Waals surface area contributed by atoms with Crippen LogP contribution in [0.5, 0.6) is 0 Å². The van der Waals surface area contributed by atoms with Crippen LogP contribution in [0.25, 0.3) is 0 Å². The molecule has 0 aliphatic carbocycles. The summed E-state index contributed by atoms with van der Waals surface area (Å²) in [5, 5.41) is 3.34. The zero-order chi connectivity index (χ0) is 13.9. The first kappa shape index (κ1) is 13.9. The molecule has 19 heavy (non-hydrogen) atoms. The van der Waals surface area contributed by atoms with Gasteiger partial charge in [-0.3, -0.25) is 4.79 Å². The maximum atomic E-state index is 11.9. The highest BCUT2D eigenvalue weighted by molar-refractivity contribution is 5.88. The Morgan fingerprint density at radius 2 is 2.37 bits per heavy atom. The lowest BCUT2D eigenvalue weighted by Crippen LogP contribution is -2.55. The van der Waals surface area contributed by atoms with Crippen molar-refractivity contribution < 1.29 is 9.53 Å². The topological polar surface area (TPSA) is 64.3 Å². The lowest BCUT2D eigenvalue weighted by Gasteiger charge is -2.39. The molecule has 4 heteroatoms. The molecule has 0 aromatic heterocycles. The average molecular weight is 262 g/mol. The number of rotatable bonds is 4. The summed E-state index contributed by atoms with van der Waals surface area (Å²) in [5.74, 6) is -0.296. The summed E-state index contributed by atoms with van der Waals surface area (Å²) >= 11 is 0. The molecule has 1 aliphatic rings. The summed E-state index contributed by atoms with van der Waals surface area (Å²) in [4.78, 5) is 11.9. The van der Waals surface area contributed by atoms with Crippen molar-refractivity contribution in [3.8, 4) is 0 Å². The number of aryl methyl sites for hydroxylation is 1. The van der Waals surface area contributed by atoms with E-state index in [0.717, 1.165) is 17.7 Å². The highest BCUT2D eigenvalue weighted by atomic mass is 16.5. The Bertz CT molecular complexity index is 461. The number of hydrogen-bond acceptors (Lipinski definition) is 3. The molecule has 1 aliphatic heterocycles. The van der Waals surface area contributed by atoms with Crippen LogP contribution in [0.2, 0.25) is 0 Å². The number of anilines is 1. The third kappa shape index (κ3) is 3.07. The molecule has 1 aromatic carbocycles. The summed E-state index contributed by atoms with van der Waals surface area (Å²) in [6.45, 7) is 4.66. The quantitative estimate of drug-likeness (QED) is 0.874. The van der Waals surface area contributed by atoms with Crippen molar-refractivity contribution in [1.82, 2.24) is 0 Å². The van der Waals surface area contributed by atoms with Crippen LogP contribution >= 0.6 is 0 Å². The van der Waals surface area contributed by atoms with Crippen LogP contribution in [0.1, 0.15) is 31.7 Å². The van der Waals surface area contributed by atoms with E-state index in [0.29, 0.717) is 19.4 Å². The Morgan fingerprint density at radius 1 is 1.58 bits per heavy atom. The molecule has 1 saturated heterocycles. The van der Waals surface area contributed by atoms with Gasteiger partial charge in [-0.1, -0.05) is 19.1 Å². The Labute approximate surface area is 114 Å². The SMILES string of the molecule is CCC1CC(Nc2cccc(C)c2)(C(N)=O)CCO1. The number of benzene rings is 1.